The van der Waals surface area contributed by atoms with Gasteiger partial charge in [-0.2, -0.15) is 0 Å². The van der Waals surface area contributed by atoms with E-state index >= 15 is 0 Å². The first-order chi connectivity index (χ1) is 7.31. The van der Waals surface area contributed by atoms with Crippen LogP contribution in [0.25, 0.3) is 0 Å². The van der Waals surface area contributed by atoms with Crippen molar-refractivity contribution in [3.63, 3.8) is 0 Å². The SMILES string of the molecule is C[PH+](C)C.OCC1O[C@H](O)C([S-])[C@@H](O)[C@H]1O.[Au+]. The molecule has 0 aromatic rings. The standard InChI is InChI=1S/C6H12O5S.C3H9P.Au/c7-1-2-3(8)4(9)5(12)6(10)11-2;1-4(2)3;/h2-10,12H,1H2;1-3H3;/q;;+1/t2?,3-,4-,5?,6-;;/m0../s1. The molecule has 5 atom stereocenters. The maximum absolute atomic E-state index is 9.21. The fourth-order valence-corrected chi connectivity index (χ4v) is 1.30. The van der Waals surface area contributed by atoms with Gasteiger partial charge >= 0.3 is 22.4 Å². The van der Waals surface area contributed by atoms with E-state index < -0.39 is 36.5 Å². The Bertz CT molecular complexity index is 193. The average Bonchev–Trinajstić information content (AvgIpc) is 2.19. The van der Waals surface area contributed by atoms with Crippen molar-refractivity contribution in [3.8, 4) is 0 Å². The Morgan fingerprint density at radius 3 is 1.88 bits per heavy atom. The molecule has 0 aromatic carbocycles. The van der Waals surface area contributed by atoms with Gasteiger partial charge in [0.05, 0.1) is 12.7 Å². The molecule has 0 aromatic heterocycles. The normalized spacial score (nSPS) is 36.9. The molecule has 1 saturated heterocycles. The van der Waals surface area contributed by atoms with Crippen LogP contribution in [0.5, 0.6) is 0 Å². The largest absolute Gasteiger partial charge is 1.00 e. The summed E-state index contributed by atoms with van der Waals surface area (Å²) >= 11 is 4.65. The number of hydrogen-bond acceptors (Lipinski definition) is 6. The minimum Gasteiger partial charge on any atom is -0.782 e. The quantitative estimate of drug-likeness (QED) is 0.211. The van der Waals surface area contributed by atoms with Crippen molar-refractivity contribution in [2.24, 2.45) is 0 Å². The molecule has 0 aliphatic carbocycles. The summed E-state index contributed by atoms with van der Waals surface area (Å²) in [5.74, 6) is 0. The molecule has 108 valence electrons. The summed E-state index contributed by atoms with van der Waals surface area (Å²) in [5.41, 5.74) is 0. The van der Waals surface area contributed by atoms with Crippen LogP contribution in [0.2, 0.25) is 0 Å². The van der Waals surface area contributed by atoms with Gasteiger partial charge < -0.3 is 37.8 Å². The van der Waals surface area contributed by atoms with Gasteiger partial charge in [0.15, 0.2) is 0 Å². The van der Waals surface area contributed by atoms with Crippen LogP contribution in [0.3, 0.4) is 0 Å². The van der Waals surface area contributed by atoms with Gasteiger partial charge in [0.25, 0.3) is 0 Å². The van der Waals surface area contributed by atoms with Crippen LogP contribution >= 0.6 is 7.92 Å². The summed E-state index contributed by atoms with van der Waals surface area (Å²) in [7, 11) is 0.120. The zero-order chi connectivity index (χ0) is 12.9. The Labute approximate surface area is 124 Å². The zero-order valence-corrected chi connectivity index (χ0v) is 14.0. The molecule has 0 amide bonds. The number of ether oxygens (including phenoxy) is 1. The molecule has 0 saturated carbocycles. The van der Waals surface area contributed by atoms with Crippen LogP contribution in [0, 0.1) is 0 Å². The Morgan fingerprint density at radius 2 is 1.53 bits per heavy atom. The fourth-order valence-electron chi connectivity index (χ4n) is 1.07. The second kappa shape index (κ2) is 10.1. The average molecular weight is 469 g/mol. The minimum absolute atomic E-state index is 0. The van der Waals surface area contributed by atoms with Gasteiger partial charge in [-0.05, 0) is 7.92 Å². The summed E-state index contributed by atoms with van der Waals surface area (Å²) in [6.45, 7) is 6.34. The van der Waals surface area contributed by atoms with Gasteiger partial charge in [0.2, 0.25) is 0 Å². The van der Waals surface area contributed by atoms with E-state index in [1.807, 2.05) is 0 Å². The van der Waals surface area contributed by atoms with Gasteiger partial charge in [-0.15, -0.1) is 0 Å². The Morgan fingerprint density at radius 1 is 1.12 bits per heavy atom. The molecule has 0 spiro atoms. The molecule has 1 aliphatic heterocycles. The number of aliphatic hydroxyl groups is 4. The maximum Gasteiger partial charge on any atom is 1.00 e. The van der Waals surface area contributed by atoms with Crippen molar-refractivity contribution in [2.75, 3.05) is 26.6 Å². The molecule has 8 heteroatoms. The van der Waals surface area contributed by atoms with Crippen molar-refractivity contribution in [1.29, 1.82) is 0 Å². The first kappa shape index (κ1) is 20.6. The van der Waals surface area contributed by atoms with Crippen molar-refractivity contribution < 1.29 is 47.5 Å². The van der Waals surface area contributed by atoms with Gasteiger partial charge in [-0.1, -0.05) is 5.25 Å². The van der Waals surface area contributed by atoms with E-state index in [0.717, 1.165) is 0 Å². The van der Waals surface area contributed by atoms with E-state index in [1.54, 1.807) is 0 Å². The topological polar surface area (TPSA) is 90.2 Å². The van der Waals surface area contributed by atoms with Crippen LogP contribution in [-0.2, 0) is 39.7 Å². The molecule has 0 radical (unpaired) electrons. The molecule has 1 aliphatic rings. The van der Waals surface area contributed by atoms with E-state index in [4.69, 9.17) is 14.9 Å². The molecule has 0 bridgehead atoms. The molecule has 5 nitrogen and oxygen atoms in total. The first-order valence-corrected chi connectivity index (χ1v) is 8.51. The molecular formula is C9H21AuO5PS+. The molecule has 4 N–H and O–H groups in total. The predicted octanol–water partition coefficient (Wildman–Crippen LogP) is -1.58. The summed E-state index contributed by atoms with van der Waals surface area (Å²) in [4.78, 5) is 0. The van der Waals surface area contributed by atoms with Crippen LogP contribution in [-0.4, -0.2) is 76.9 Å². The third kappa shape index (κ3) is 7.48. The summed E-state index contributed by atoms with van der Waals surface area (Å²) in [6.07, 6.45) is -4.74. The van der Waals surface area contributed by atoms with Crippen LogP contribution in [0.15, 0.2) is 0 Å². The van der Waals surface area contributed by atoms with Gasteiger partial charge in [0.1, 0.15) is 18.5 Å². The Kier molecular flexibility index (Phi) is 12.3. The predicted molar refractivity (Wildman–Crippen MR) is 67.2 cm³/mol. The van der Waals surface area contributed by atoms with Crippen molar-refractivity contribution in [1.82, 2.24) is 0 Å². The molecule has 2 unspecified atom stereocenters. The molecule has 1 rings (SSSR count). The van der Waals surface area contributed by atoms with Crippen LogP contribution in [0.4, 0.5) is 0 Å². The molecule has 1 fully saturated rings. The second-order valence-electron chi connectivity index (χ2n) is 4.19. The van der Waals surface area contributed by atoms with Gasteiger partial charge in [-0.3, -0.25) is 0 Å². The van der Waals surface area contributed by atoms with Crippen molar-refractivity contribution >= 4 is 20.6 Å². The molecular weight excluding hydrogens is 448 g/mol. The number of hydrogen-bond donors (Lipinski definition) is 4. The van der Waals surface area contributed by atoms with Crippen LogP contribution in [0.1, 0.15) is 0 Å². The number of rotatable bonds is 1. The van der Waals surface area contributed by atoms with E-state index in [9.17, 15) is 10.2 Å². The van der Waals surface area contributed by atoms with E-state index in [0.29, 0.717) is 0 Å². The monoisotopic (exact) mass is 469 g/mol. The minimum atomic E-state index is -1.31. The van der Waals surface area contributed by atoms with E-state index in [-0.39, 0.29) is 30.3 Å². The van der Waals surface area contributed by atoms with E-state index in [1.165, 1.54) is 0 Å². The van der Waals surface area contributed by atoms with Crippen molar-refractivity contribution in [2.45, 2.75) is 29.9 Å². The fraction of sp³-hybridized carbons (Fsp3) is 1.00. The smallest absolute Gasteiger partial charge is 0.782 e. The summed E-state index contributed by atoms with van der Waals surface area (Å²) < 4.78 is 4.72. The van der Waals surface area contributed by atoms with Crippen LogP contribution < -0.4 is 0 Å². The Hall–Kier alpha value is 1.32. The molecule has 17 heavy (non-hydrogen) atoms. The third-order valence-electron chi connectivity index (χ3n) is 1.84. The maximum atomic E-state index is 9.21. The van der Waals surface area contributed by atoms with Gasteiger partial charge in [0, 0.05) is 20.0 Å². The van der Waals surface area contributed by atoms with E-state index in [2.05, 4.69) is 32.6 Å². The third-order valence-corrected chi connectivity index (χ3v) is 2.35. The second-order valence-corrected chi connectivity index (χ2v) is 7.74. The zero-order valence-electron chi connectivity index (χ0n) is 10.0. The summed E-state index contributed by atoms with van der Waals surface area (Å²) in [5, 5.41) is 35.2. The van der Waals surface area contributed by atoms with Crippen molar-refractivity contribution in [3.05, 3.63) is 0 Å². The Balaban J connectivity index is 0. The van der Waals surface area contributed by atoms with Gasteiger partial charge in [-0.25, -0.2) is 0 Å². The first-order valence-electron chi connectivity index (χ1n) is 5.04. The molecule has 1 heterocycles. The number of aliphatic hydroxyl groups excluding tert-OH is 4. The summed E-state index contributed by atoms with van der Waals surface area (Å²) in [6, 6.07) is 0.